The minimum atomic E-state index is 0.0881. The third kappa shape index (κ3) is 5.22. The van der Waals surface area contributed by atoms with Gasteiger partial charge in [0.15, 0.2) is 0 Å². The molecule has 0 spiro atoms. The van der Waals surface area contributed by atoms with Gasteiger partial charge in [0.05, 0.1) is 27.6 Å². The average Bonchev–Trinajstić information content (AvgIpc) is 3.23. The summed E-state index contributed by atoms with van der Waals surface area (Å²) in [4.78, 5) is 8.90. The number of benzene rings is 2. The van der Waals surface area contributed by atoms with E-state index in [0.717, 1.165) is 49.1 Å². The Morgan fingerprint density at radius 3 is 2.78 bits per heavy atom. The highest BCUT2D eigenvalue weighted by Crippen LogP contribution is 2.34. The highest BCUT2D eigenvalue weighted by atomic mass is 35.5. The van der Waals surface area contributed by atoms with Gasteiger partial charge in [0.1, 0.15) is 17.3 Å². The molecule has 36 heavy (non-hydrogen) atoms. The molecule has 4 N–H and O–H groups in total. The normalized spacial score (nSPS) is 13.9. The summed E-state index contributed by atoms with van der Waals surface area (Å²) in [5.74, 6) is 0.436. The fourth-order valence-corrected chi connectivity index (χ4v) is 4.84. The summed E-state index contributed by atoms with van der Waals surface area (Å²) >= 11 is 6.61. The maximum absolute atomic E-state index is 10.8. The van der Waals surface area contributed by atoms with Crippen molar-refractivity contribution >= 4 is 45.3 Å². The Bertz CT molecular complexity index is 1350. The van der Waals surface area contributed by atoms with Crippen molar-refractivity contribution in [2.45, 2.75) is 26.3 Å². The molecule has 0 saturated heterocycles. The number of nitrogens with two attached hydrogens (primary N) is 1. The third-order valence-corrected chi connectivity index (χ3v) is 6.85. The van der Waals surface area contributed by atoms with Gasteiger partial charge in [0, 0.05) is 43.8 Å². The molecule has 1 aromatic heterocycles. The van der Waals surface area contributed by atoms with Crippen LogP contribution >= 0.6 is 11.6 Å². The molecule has 2 aromatic carbocycles. The van der Waals surface area contributed by atoms with E-state index in [4.69, 9.17) is 22.3 Å². The third-order valence-electron chi connectivity index (χ3n) is 6.53. The van der Waals surface area contributed by atoms with Gasteiger partial charge in [-0.2, -0.15) is 0 Å². The van der Waals surface area contributed by atoms with Gasteiger partial charge in [0.2, 0.25) is 0 Å². The smallest absolute Gasteiger partial charge is 0.137 e. The molecule has 7 nitrogen and oxygen atoms in total. The Balaban J connectivity index is 1.64. The monoisotopic (exact) mass is 506 g/mol. The van der Waals surface area contributed by atoms with E-state index in [1.54, 1.807) is 19.1 Å². The first kappa shape index (κ1) is 25.7. The molecule has 0 atom stereocenters. The van der Waals surface area contributed by atoms with Gasteiger partial charge in [-0.1, -0.05) is 36.4 Å². The molecule has 0 fully saturated rings. The minimum Gasteiger partial charge on any atom is -0.506 e. The van der Waals surface area contributed by atoms with Crippen LogP contribution in [-0.4, -0.2) is 54.5 Å². The number of aryl methyl sites for hydroxylation is 2. The lowest BCUT2D eigenvalue weighted by atomic mass is 10.0. The van der Waals surface area contributed by atoms with Gasteiger partial charge in [-0.15, -0.1) is 0 Å². The van der Waals surface area contributed by atoms with E-state index >= 15 is 0 Å². The first-order chi connectivity index (χ1) is 17.2. The highest BCUT2D eigenvalue weighted by Gasteiger charge is 2.21. The van der Waals surface area contributed by atoms with Gasteiger partial charge in [-0.05, 0) is 57.6 Å². The molecule has 0 unspecified atom stereocenters. The quantitative estimate of drug-likeness (QED) is 0.198. The molecular formula is C28H35ClN6O. The van der Waals surface area contributed by atoms with Crippen molar-refractivity contribution in [2.24, 2.45) is 4.99 Å². The predicted octanol–water partition coefficient (Wildman–Crippen LogP) is 5.66. The Morgan fingerprint density at radius 2 is 2.06 bits per heavy atom. The number of aliphatic hydroxyl groups excluding tert-OH is 1. The number of anilines is 3. The summed E-state index contributed by atoms with van der Waals surface area (Å²) < 4.78 is 2.25. The summed E-state index contributed by atoms with van der Waals surface area (Å²) in [6.07, 6.45) is 5.86. The number of hydrogen-bond acceptors (Lipinski definition) is 6. The van der Waals surface area contributed by atoms with Gasteiger partial charge in [-0.25, -0.2) is 4.99 Å². The number of likely N-dealkylation sites (N-methyl/N-ethyl adjacent to an activating group) is 2. The molecule has 8 heteroatoms. The zero-order chi connectivity index (χ0) is 26.0. The first-order valence-electron chi connectivity index (χ1n) is 12.2. The second-order valence-corrected chi connectivity index (χ2v) is 9.88. The Kier molecular flexibility index (Phi) is 7.62. The van der Waals surface area contributed by atoms with Crippen LogP contribution in [0.15, 0.2) is 65.8 Å². The second kappa shape index (κ2) is 10.7. The number of rotatable bonds is 9. The van der Waals surface area contributed by atoms with E-state index < -0.39 is 0 Å². The lowest BCUT2D eigenvalue weighted by molar-refractivity contribution is 0.416. The van der Waals surface area contributed by atoms with Crippen LogP contribution in [0.2, 0.25) is 5.02 Å². The lowest BCUT2D eigenvalue weighted by Gasteiger charge is -2.24. The van der Waals surface area contributed by atoms with E-state index in [9.17, 15) is 5.11 Å². The highest BCUT2D eigenvalue weighted by molar-refractivity contribution is 6.33. The maximum atomic E-state index is 10.8. The molecule has 3 aromatic rings. The Morgan fingerprint density at radius 1 is 1.28 bits per heavy atom. The van der Waals surface area contributed by atoms with E-state index in [-0.39, 0.29) is 5.76 Å². The maximum Gasteiger partial charge on any atom is 0.137 e. The van der Waals surface area contributed by atoms with E-state index in [1.165, 1.54) is 11.1 Å². The molecule has 0 radical (unpaired) electrons. The molecule has 1 aliphatic rings. The molecule has 4 rings (SSSR count). The first-order valence-corrected chi connectivity index (χ1v) is 12.5. The number of nitrogens with zero attached hydrogens (tertiary/aromatic N) is 4. The van der Waals surface area contributed by atoms with Crippen molar-refractivity contribution in [1.82, 2.24) is 9.47 Å². The molecule has 190 valence electrons. The van der Waals surface area contributed by atoms with Crippen LogP contribution in [0.4, 0.5) is 17.1 Å². The van der Waals surface area contributed by atoms with Gasteiger partial charge in [-0.3, -0.25) is 0 Å². The molecular weight excluding hydrogens is 472 g/mol. The SMILES string of the molecule is C=C(/N=C(\C(O)=C/C)c1cn2c3c(cccc13)CCC2)Nc1cc(N)c(N(C)CCN(C)C)cc1Cl. The minimum absolute atomic E-state index is 0.0881. The molecule has 0 amide bonds. The number of aliphatic hydroxyl groups is 1. The van der Waals surface area contributed by atoms with E-state index in [1.807, 2.05) is 27.2 Å². The van der Waals surface area contributed by atoms with Crippen molar-refractivity contribution < 1.29 is 5.11 Å². The fourth-order valence-electron chi connectivity index (χ4n) is 4.63. The number of allylic oxidation sites excluding steroid dienone is 2. The Hall–Kier alpha value is -3.42. The molecule has 2 heterocycles. The van der Waals surface area contributed by atoms with Crippen LogP contribution in [-0.2, 0) is 13.0 Å². The summed E-state index contributed by atoms with van der Waals surface area (Å²) in [6, 6.07) is 9.95. The van der Waals surface area contributed by atoms with Gasteiger partial charge < -0.3 is 30.5 Å². The fraction of sp³-hybridized carbons (Fsp3) is 0.321. The summed E-state index contributed by atoms with van der Waals surface area (Å²) in [6.45, 7) is 8.53. The van der Waals surface area contributed by atoms with E-state index in [2.05, 4.69) is 50.7 Å². The van der Waals surface area contributed by atoms with Crippen molar-refractivity contribution in [1.29, 1.82) is 0 Å². The number of nitrogens with one attached hydrogen (secondary N) is 1. The number of aliphatic imine (C=N–C) groups is 1. The zero-order valence-corrected chi connectivity index (χ0v) is 22.2. The number of aromatic nitrogens is 1. The molecule has 0 bridgehead atoms. The number of halogens is 1. The van der Waals surface area contributed by atoms with Crippen LogP contribution in [0, 0.1) is 0 Å². The van der Waals surface area contributed by atoms with Gasteiger partial charge >= 0.3 is 0 Å². The molecule has 0 aliphatic carbocycles. The molecule has 0 saturated carbocycles. The van der Waals surface area contributed by atoms with Crippen molar-refractivity contribution in [3.05, 3.63) is 76.9 Å². The van der Waals surface area contributed by atoms with Crippen LogP contribution in [0.3, 0.4) is 0 Å². The summed E-state index contributed by atoms with van der Waals surface area (Å²) in [7, 11) is 6.06. The summed E-state index contributed by atoms with van der Waals surface area (Å²) in [5, 5.41) is 15.5. The average molecular weight is 507 g/mol. The van der Waals surface area contributed by atoms with Crippen molar-refractivity contribution in [2.75, 3.05) is 50.2 Å². The number of para-hydroxylation sites is 1. The van der Waals surface area contributed by atoms with E-state index in [0.29, 0.717) is 27.9 Å². The predicted molar refractivity (Wildman–Crippen MR) is 154 cm³/mol. The lowest BCUT2D eigenvalue weighted by Crippen LogP contribution is -2.29. The Labute approximate surface area is 218 Å². The van der Waals surface area contributed by atoms with Crippen molar-refractivity contribution in [3.63, 3.8) is 0 Å². The standard InChI is InChI=1S/C28H35ClN6O/c1-6-26(36)27(21-17-35-12-8-10-19-9-7-11-20(21)28(19)35)32-18(2)31-24-16-23(30)25(15-22(24)29)34(5)14-13-33(3)4/h6-7,9,11,15-17,31,36H,2,8,10,12-14,30H2,1,3-5H3/b26-6+,32-27-. The second-order valence-electron chi connectivity index (χ2n) is 9.47. The summed E-state index contributed by atoms with van der Waals surface area (Å²) in [5.41, 5.74) is 12.3. The van der Waals surface area contributed by atoms with Crippen molar-refractivity contribution in [3.8, 4) is 0 Å². The zero-order valence-electron chi connectivity index (χ0n) is 21.5. The topological polar surface area (TPSA) is 82.0 Å². The van der Waals surface area contributed by atoms with Crippen LogP contribution in [0.1, 0.15) is 24.5 Å². The van der Waals surface area contributed by atoms with Crippen LogP contribution in [0.25, 0.3) is 10.9 Å². The van der Waals surface area contributed by atoms with Gasteiger partial charge in [0.25, 0.3) is 0 Å². The number of nitrogen functional groups attached to an aromatic ring is 1. The number of hydrogen-bond donors (Lipinski definition) is 3. The molecule has 1 aliphatic heterocycles. The largest absolute Gasteiger partial charge is 0.506 e. The van der Waals surface area contributed by atoms with Crippen LogP contribution in [0.5, 0.6) is 0 Å². The van der Waals surface area contributed by atoms with Crippen LogP contribution < -0.4 is 16.0 Å².